The van der Waals surface area contributed by atoms with Crippen LogP contribution in [0.5, 0.6) is 0 Å². The molecular formula is C17H25FN2O4S. The highest BCUT2D eigenvalue weighted by Crippen LogP contribution is 2.20. The van der Waals surface area contributed by atoms with Crippen molar-refractivity contribution < 1.29 is 22.3 Å². The Kier molecular flexibility index (Phi) is 6.78. The van der Waals surface area contributed by atoms with Gasteiger partial charge in [0.05, 0.1) is 11.9 Å². The molecule has 1 fully saturated rings. The van der Waals surface area contributed by atoms with E-state index in [4.69, 9.17) is 4.74 Å². The number of hydrogen-bond acceptors (Lipinski definition) is 4. The third kappa shape index (κ3) is 5.97. The fourth-order valence-electron chi connectivity index (χ4n) is 2.81. The molecule has 0 bridgehead atoms. The number of rotatable bonds is 7. The topological polar surface area (TPSA) is 66.9 Å². The third-order valence-corrected chi connectivity index (χ3v) is 5.56. The molecule has 1 aliphatic heterocycles. The Morgan fingerprint density at radius 3 is 2.60 bits per heavy atom. The summed E-state index contributed by atoms with van der Waals surface area (Å²) in [5.41, 5.74) is 0.147. The Bertz CT molecular complexity index is 690. The summed E-state index contributed by atoms with van der Waals surface area (Å²) in [6, 6.07) is 5.23. The molecule has 0 unspecified atom stereocenters. The van der Waals surface area contributed by atoms with Crippen LogP contribution >= 0.6 is 0 Å². The standard InChI is InChI=1S/C17H25FN2O4S/c1-19(9-6-14-7-10-24-11-8-14)17(21)13-20(25(2,22)23)16-5-3-4-15(18)12-16/h3-5,12,14H,6-11,13H2,1-2H3. The molecule has 1 aromatic rings. The Morgan fingerprint density at radius 2 is 2.00 bits per heavy atom. The number of benzene rings is 1. The summed E-state index contributed by atoms with van der Waals surface area (Å²) >= 11 is 0. The summed E-state index contributed by atoms with van der Waals surface area (Å²) in [6.07, 6.45) is 3.85. The predicted octanol–water partition coefficient (Wildman–Crippen LogP) is 1.87. The van der Waals surface area contributed by atoms with Gasteiger partial charge in [0, 0.05) is 26.8 Å². The lowest BCUT2D eigenvalue weighted by atomic mass is 9.96. The number of halogens is 1. The molecule has 1 aliphatic rings. The molecule has 6 nitrogen and oxygen atoms in total. The number of likely N-dealkylation sites (N-methyl/N-ethyl adjacent to an activating group) is 1. The Balaban J connectivity index is 1.99. The average molecular weight is 372 g/mol. The minimum atomic E-state index is -3.70. The van der Waals surface area contributed by atoms with Crippen molar-refractivity contribution in [2.24, 2.45) is 5.92 Å². The maximum absolute atomic E-state index is 13.4. The highest BCUT2D eigenvalue weighted by atomic mass is 32.2. The molecule has 0 aromatic heterocycles. The van der Waals surface area contributed by atoms with Crippen LogP contribution in [0.3, 0.4) is 0 Å². The molecule has 0 N–H and O–H groups in total. The molecule has 25 heavy (non-hydrogen) atoms. The van der Waals surface area contributed by atoms with E-state index in [-0.39, 0.29) is 18.1 Å². The molecule has 2 rings (SSSR count). The van der Waals surface area contributed by atoms with Gasteiger partial charge in [0.15, 0.2) is 0 Å². The van der Waals surface area contributed by atoms with E-state index < -0.39 is 15.8 Å². The van der Waals surface area contributed by atoms with Gasteiger partial charge in [-0.25, -0.2) is 12.8 Å². The van der Waals surface area contributed by atoms with Gasteiger partial charge in [0.1, 0.15) is 12.4 Å². The Morgan fingerprint density at radius 1 is 1.32 bits per heavy atom. The summed E-state index contributed by atoms with van der Waals surface area (Å²) in [5.74, 6) is -0.341. The largest absolute Gasteiger partial charge is 0.381 e. The van der Waals surface area contributed by atoms with E-state index in [1.54, 1.807) is 7.05 Å². The second-order valence-corrected chi connectivity index (χ2v) is 8.32. The van der Waals surface area contributed by atoms with Crippen molar-refractivity contribution >= 4 is 21.6 Å². The summed E-state index contributed by atoms with van der Waals surface area (Å²) in [5, 5.41) is 0. The van der Waals surface area contributed by atoms with Crippen LogP contribution in [0.2, 0.25) is 0 Å². The van der Waals surface area contributed by atoms with Crippen molar-refractivity contribution in [2.75, 3.05) is 43.9 Å². The lowest BCUT2D eigenvalue weighted by molar-refractivity contribution is -0.128. The maximum atomic E-state index is 13.4. The molecule has 0 aliphatic carbocycles. The quantitative estimate of drug-likeness (QED) is 0.733. The summed E-state index contributed by atoms with van der Waals surface area (Å²) in [4.78, 5) is 14.0. The SMILES string of the molecule is CN(CCC1CCOCC1)C(=O)CN(c1cccc(F)c1)S(C)(=O)=O. The van der Waals surface area contributed by atoms with Crippen LogP contribution in [-0.2, 0) is 19.6 Å². The third-order valence-electron chi connectivity index (χ3n) is 4.41. The zero-order chi connectivity index (χ0) is 18.4. The minimum absolute atomic E-state index is 0.147. The van der Waals surface area contributed by atoms with Gasteiger partial charge in [0.25, 0.3) is 0 Å². The number of carbonyl (C=O) groups is 1. The van der Waals surface area contributed by atoms with Gasteiger partial charge in [-0.3, -0.25) is 9.10 Å². The van der Waals surface area contributed by atoms with Gasteiger partial charge < -0.3 is 9.64 Å². The van der Waals surface area contributed by atoms with Crippen molar-refractivity contribution in [3.63, 3.8) is 0 Å². The second-order valence-electron chi connectivity index (χ2n) is 6.41. The smallest absolute Gasteiger partial charge is 0.243 e. The Hall–Kier alpha value is -1.67. The van der Waals surface area contributed by atoms with Crippen LogP contribution in [-0.4, -0.2) is 58.8 Å². The first-order valence-corrected chi connectivity index (χ1v) is 10.2. The van der Waals surface area contributed by atoms with Crippen molar-refractivity contribution in [2.45, 2.75) is 19.3 Å². The summed E-state index contributed by atoms with van der Waals surface area (Å²) in [6.45, 7) is 1.73. The van der Waals surface area contributed by atoms with Gasteiger partial charge in [-0.05, 0) is 43.4 Å². The highest BCUT2D eigenvalue weighted by Gasteiger charge is 2.23. The molecule has 8 heteroatoms. The van der Waals surface area contributed by atoms with Crippen LogP contribution in [0, 0.1) is 11.7 Å². The van der Waals surface area contributed by atoms with Crippen LogP contribution in [0.25, 0.3) is 0 Å². The summed E-state index contributed by atoms with van der Waals surface area (Å²) in [7, 11) is -2.04. The van der Waals surface area contributed by atoms with E-state index in [1.807, 2.05) is 0 Å². The molecule has 0 saturated carbocycles. The molecule has 1 amide bonds. The van der Waals surface area contributed by atoms with Crippen LogP contribution < -0.4 is 4.31 Å². The monoisotopic (exact) mass is 372 g/mol. The van der Waals surface area contributed by atoms with E-state index in [9.17, 15) is 17.6 Å². The van der Waals surface area contributed by atoms with Crippen molar-refractivity contribution in [1.29, 1.82) is 0 Å². The number of carbonyl (C=O) groups excluding carboxylic acids is 1. The number of nitrogens with zero attached hydrogens (tertiary/aromatic N) is 2. The first-order chi connectivity index (χ1) is 11.8. The van der Waals surface area contributed by atoms with Crippen LogP contribution in [0.1, 0.15) is 19.3 Å². The van der Waals surface area contributed by atoms with E-state index >= 15 is 0 Å². The molecule has 1 heterocycles. The Labute approximate surface area is 148 Å². The zero-order valence-electron chi connectivity index (χ0n) is 14.7. The van der Waals surface area contributed by atoms with Gasteiger partial charge in [-0.2, -0.15) is 0 Å². The van der Waals surface area contributed by atoms with Crippen LogP contribution in [0.4, 0.5) is 10.1 Å². The van der Waals surface area contributed by atoms with E-state index in [1.165, 1.54) is 23.1 Å². The van der Waals surface area contributed by atoms with Gasteiger partial charge in [-0.15, -0.1) is 0 Å². The second kappa shape index (κ2) is 8.62. The van der Waals surface area contributed by atoms with Crippen molar-refractivity contribution in [1.82, 2.24) is 4.90 Å². The van der Waals surface area contributed by atoms with E-state index in [0.29, 0.717) is 12.5 Å². The lowest BCUT2D eigenvalue weighted by Gasteiger charge is -2.27. The molecule has 0 spiro atoms. The summed E-state index contributed by atoms with van der Waals surface area (Å²) < 4.78 is 43.7. The molecular weight excluding hydrogens is 347 g/mol. The van der Waals surface area contributed by atoms with Gasteiger partial charge >= 0.3 is 0 Å². The normalized spacial score (nSPS) is 15.8. The fraction of sp³-hybridized carbons (Fsp3) is 0.588. The molecule has 1 saturated heterocycles. The molecule has 0 atom stereocenters. The van der Waals surface area contributed by atoms with E-state index in [2.05, 4.69) is 0 Å². The maximum Gasteiger partial charge on any atom is 0.243 e. The fourth-order valence-corrected chi connectivity index (χ4v) is 3.65. The van der Waals surface area contributed by atoms with Crippen LogP contribution in [0.15, 0.2) is 24.3 Å². The number of hydrogen-bond donors (Lipinski definition) is 0. The molecule has 0 radical (unpaired) electrons. The van der Waals surface area contributed by atoms with Crippen molar-refractivity contribution in [3.05, 3.63) is 30.1 Å². The molecule has 140 valence electrons. The molecule has 1 aromatic carbocycles. The number of amides is 1. The lowest BCUT2D eigenvalue weighted by Crippen LogP contribution is -2.41. The van der Waals surface area contributed by atoms with Crippen molar-refractivity contribution in [3.8, 4) is 0 Å². The van der Waals surface area contributed by atoms with Gasteiger partial charge in [0.2, 0.25) is 15.9 Å². The van der Waals surface area contributed by atoms with E-state index in [0.717, 1.165) is 49.1 Å². The average Bonchev–Trinajstić information content (AvgIpc) is 2.57. The highest BCUT2D eigenvalue weighted by molar-refractivity contribution is 7.92. The number of sulfonamides is 1. The zero-order valence-corrected chi connectivity index (χ0v) is 15.5. The first-order valence-electron chi connectivity index (χ1n) is 8.32. The number of anilines is 1. The predicted molar refractivity (Wildman–Crippen MR) is 94.4 cm³/mol. The minimum Gasteiger partial charge on any atom is -0.381 e. The number of ether oxygens (including phenoxy) is 1. The van der Waals surface area contributed by atoms with Gasteiger partial charge in [-0.1, -0.05) is 6.07 Å². The first kappa shape index (κ1) is 19.7.